The Labute approximate surface area is 133 Å². The maximum atomic E-state index is 11.9. The third-order valence-corrected chi connectivity index (χ3v) is 2.91. The second-order valence-corrected chi connectivity index (χ2v) is 6.37. The third kappa shape index (κ3) is 6.20. The number of carbonyl (C=O) groups is 1. The Morgan fingerprint density at radius 1 is 1.48 bits per heavy atom. The molecule has 118 valence electrons. The number of pyridine rings is 1. The molecule has 1 amide bonds. The predicted octanol–water partition coefficient (Wildman–Crippen LogP) is 3.06. The van der Waals surface area contributed by atoms with E-state index < -0.39 is 5.60 Å². The minimum absolute atomic E-state index is 0.298. The SMILES string of the molecule is CCN(CCOc1ncc(Br)cc1N)C(=O)OC(C)(C)C. The van der Waals surface area contributed by atoms with Crippen LogP contribution in [0.3, 0.4) is 0 Å². The van der Waals surface area contributed by atoms with Crippen molar-refractivity contribution in [1.29, 1.82) is 0 Å². The van der Waals surface area contributed by atoms with Crippen LogP contribution in [0.1, 0.15) is 27.7 Å². The number of nitrogens with two attached hydrogens (primary N) is 1. The van der Waals surface area contributed by atoms with E-state index in [2.05, 4.69) is 20.9 Å². The summed E-state index contributed by atoms with van der Waals surface area (Å²) in [7, 11) is 0. The lowest BCUT2D eigenvalue weighted by Gasteiger charge is -2.26. The molecule has 0 saturated carbocycles. The summed E-state index contributed by atoms with van der Waals surface area (Å²) in [6.07, 6.45) is 1.25. The van der Waals surface area contributed by atoms with Gasteiger partial charge in [0.15, 0.2) is 0 Å². The van der Waals surface area contributed by atoms with Gasteiger partial charge in [-0.05, 0) is 49.7 Å². The van der Waals surface area contributed by atoms with Gasteiger partial charge in [-0.3, -0.25) is 0 Å². The quantitative estimate of drug-likeness (QED) is 0.873. The highest BCUT2D eigenvalue weighted by atomic mass is 79.9. The summed E-state index contributed by atoms with van der Waals surface area (Å²) >= 11 is 3.28. The van der Waals surface area contributed by atoms with Crippen molar-refractivity contribution in [3.05, 3.63) is 16.7 Å². The lowest BCUT2D eigenvalue weighted by molar-refractivity contribution is 0.0236. The van der Waals surface area contributed by atoms with Crippen molar-refractivity contribution in [1.82, 2.24) is 9.88 Å². The Morgan fingerprint density at radius 3 is 2.67 bits per heavy atom. The number of amides is 1. The molecule has 21 heavy (non-hydrogen) atoms. The zero-order valence-corrected chi connectivity index (χ0v) is 14.4. The average molecular weight is 360 g/mol. The van der Waals surface area contributed by atoms with E-state index in [1.807, 2.05) is 27.7 Å². The van der Waals surface area contributed by atoms with Crippen molar-refractivity contribution < 1.29 is 14.3 Å². The number of anilines is 1. The van der Waals surface area contributed by atoms with Gasteiger partial charge in [0, 0.05) is 17.2 Å². The maximum absolute atomic E-state index is 11.9. The highest BCUT2D eigenvalue weighted by Gasteiger charge is 2.21. The molecule has 0 aliphatic rings. The molecule has 0 bridgehead atoms. The Hall–Kier alpha value is -1.50. The molecule has 0 unspecified atom stereocenters. The van der Waals surface area contributed by atoms with Gasteiger partial charge < -0.3 is 20.1 Å². The van der Waals surface area contributed by atoms with Crippen LogP contribution in [-0.4, -0.2) is 41.3 Å². The zero-order valence-electron chi connectivity index (χ0n) is 12.9. The summed E-state index contributed by atoms with van der Waals surface area (Å²) < 4.78 is 11.6. The summed E-state index contributed by atoms with van der Waals surface area (Å²) in [5.41, 5.74) is 5.73. The Bertz CT molecular complexity index is 489. The summed E-state index contributed by atoms with van der Waals surface area (Å²) in [6, 6.07) is 1.72. The number of nitrogen functional groups attached to an aromatic ring is 1. The van der Waals surface area contributed by atoms with Crippen LogP contribution in [0.15, 0.2) is 16.7 Å². The molecule has 0 atom stereocenters. The van der Waals surface area contributed by atoms with Gasteiger partial charge in [-0.2, -0.15) is 0 Å². The van der Waals surface area contributed by atoms with E-state index >= 15 is 0 Å². The molecule has 0 aliphatic heterocycles. The summed E-state index contributed by atoms with van der Waals surface area (Å²) in [6.45, 7) is 8.64. The molecular formula is C14H22BrN3O3. The number of aromatic nitrogens is 1. The highest BCUT2D eigenvalue weighted by Crippen LogP contribution is 2.21. The van der Waals surface area contributed by atoms with Crippen molar-refractivity contribution in [3.8, 4) is 5.88 Å². The van der Waals surface area contributed by atoms with E-state index in [0.717, 1.165) is 4.47 Å². The first-order valence-corrected chi connectivity index (χ1v) is 7.54. The van der Waals surface area contributed by atoms with Gasteiger partial charge in [0.25, 0.3) is 0 Å². The summed E-state index contributed by atoms with van der Waals surface area (Å²) in [4.78, 5) is 17.6. The van der Waals surface area contributed by atoms with E-state index in [1.54, 1.807) is 17.2 Å². The Balaban J connectivity index is 2.50. The topological polar surface area (TPSA) is 77.7 Å². The minimum Gasteiger partial charge on any atom is -0.474 e. The first-order chi connectivity index (χ1) is 9.73. The first kappa shape index (κ1) is 17.6. The second kappa shape index (κ2) is 7.49. The van der Waals surface area contributed by atoms with Crippen LogP contribution >= 0.6 is 15.9 Å². The fourth-order valence-electron chi connectivity index (χ4n) is 1.52. The monoisotopic (exact) mass is 359 g/mol. The van der Waals surface area contributed by atoms with E-state index in [9.17, 15) is 4.79 Å². The fourth-order valence-corrected chi connectivity index (χ4v) is 1.87. The number of rotatable bonds is 5. The third-order valence-electron chi connectivity index (χ3n) is 2.48. The molecule has 1 aromatic rings. The molecule has 6 nitrogen and oxygen atoms in total. The van der Waals surface area contributed by atoms with Crippen LogP contribution in [0, 0.1) is 0 Å². The predicted molar refractivity (Wildman–Crippen MR) is 85.3 cm³/mol. The van der Waals surface area contributed by atoms with Crippen LogP contribution in [0.2, 0.25) is 0 Å². The molecule has 0 fully saturated rings. The molecule has 0 aliphatic carbocycles. The minimum atomic E-state index is -0.511. The van der Waals surface area contributed by atoms with Gasteiger partial charge in [0.05, 0.1) is 12.2 Å². The number of hydrogen-bond acceptors (Lipinski definition) is 5. The van der Waals surface area contributed by atoms with Crippen molar-refractivity contribution in [3.63, 3.8) is 0 Å². The maximum Gasteiger partial charge on any atom is 0.410 e. The highest BCUT2D eigenvalue weighted by molar-refractivity contribution is 9.10. The molecule has 1 aromatic heterocycles. The number of halogens is 1. The number of nitrogens with zero attached hydrogens (tertiary/aromatic N) is 2. The van der Waals surface area contributed by atoms with Crippen molar-refractivity contribution in [2.45, 2.75) is 33.3 Å². The fraction of sp³-hybridized carbons (Fsp3) is 0.571. The van der Waals surface area contributed by atoms with Crippen LogP contribution in [0.25, 0.3) is 0 Å². The van der Waals surface area contributed by atoms with Crippen LogP contribution < -0.4 is 10.5 Å². The van der Waals surface area contributed by atoms with Crippen molar-refractivity contribution in [2.24, 2.45) is 0 Å². The van der Waals surface area contributed by atoms with E-state index in [4.69, 9.17) is 15.2 Å². The molecule has 0 saturated heterocycles. The van der Waals surface area contributed by atoms with Crippen LogP contribution in [-0.2, 0) is 4.74 Å². The molecular weight excluding hydrogens is 338 g/mol. The van der Waals surface area contributed by atoms with Crippen molar-refractivity contribution >= 4 is 27.7 Å². The standard InChI is InChI=1S/C14H22BrN3O3/c1-5-18(13(19)21-14(2,3)4)6-7-20-12-11(16)8-10(15)9-17-12/h8-9H,5-7,16H2,1-4H3. The molecule has 0 spiro atoms. The number of likely N-dealkylation sites (N-methyl/N-ethyl adjacent to an activating group) is 1. The first-order valence-electron chi connectivity index (χ1n) is 6.74. The van der Waals surface area contributed by atoms with Gasteiger partial charge in [-0.1, -0.05) is 0 Å². The summed E-state index contributed by atoms with van der Waals surface area (Å²) in [5, 5.41) is 0. The van der Waals surface area contributed by atoms with Crippen LogP contribution in [0.4, 0.5) is 10.5 Å². The molecule has 2 N–H and O–H groups in total. The smallest absolute Gasteiger partial charge is 0.410 e. The normalized spacial score (nSPS) is 11.1. The molecule has 1 heterocycles. The summed E-state index contributed by atoms with van der Waals surface area (Å²) in [5.74, 6) is 0.360. The molecule has 0 radical (unpaired) electrons. The van der Waals surface area contributed by atoms with Gasteiger partial charge in [-0.15, -0.1) is 0 Å². The van der Waals surface area contributed by atoms with E-state index in [1.165, 1.54) is 0 Å². The van der Waals surface area contributed by atoms with Gasteiger partial charge in [0.2, 0.25) is 5.88 Å². The van der Waals surface area contributed by atoms with Gasteiger partial charge in [0.1, 0.15) is 12.2 Å². The molecule has 0 aromatic carbocycles. The largest absolute Gasteiger partial charge is 0.474 e. The van der Waals surface area contributed by atoms with Crippen molar-refractivity contribution in [2.75, 3.05) is 25.4 Å². The molecule has 1 rings (SSSR count). The number of hydrogen-bond donors (Lipinski definition) is 1. The van der Waals surface area contributed by atoms with Gasteiger partial charge in [-0.25, -0.2) is 9.78 Å². The zero-order chi connectivity index (χ0) is 16.0. The van der Waals surface area contributed by atoms with Gasteiger partial charge >= 0.3 is 6.09 Å². The molecule has 7 heteroatoms. The second-order valence-electron chi connectivity index (χ2n) is 5.46. The van der Waals surface area contributed by atoms with E-state index in [-0.39, 0.29) is 6.09 Å². The van der Waals surface area contributed by atoms with Crippen LogP contribution in [0.5, 0.6) is 5.88 Å². The Morgan fingerprint density at radius 2 is 2.14 bits per heavy atom. The number of carbonyl (C=O) groups excluding carboxylic acids is 1. The number of ether oxygens (including phenoxy) is 2. The Kier molecular flexibility index (Phi) is 6.26. The van der Waals surface area contributed by atoms with E-state index in [0.29, 0.717) is 31.3 Å². The lowest BCUT2D eigenvalue weighted by atomic mass is 10.2. The average Bonchev–Trinajstić information content (AvgIpc) is 2.34. The lowest BCUT2D eigenvalue weighted by Crippen LogP contribution is -2.39.